The van der Waals surface area contributed by atoms with Gasteiger partial charge in [0.1, 0.15) is 0 Å². The number of rotatable bonds is 7. The maximum Gasteiger partial charge on any atom is 0.222 e. The number of carbonyl (C=O) groups is 1. The Balaban J connectivity index is 2.41. The van der Waals surface area contributed by atoms with Gasteiger partial charge >= 0.3 is 0 Å². The highest BCUT2D eigenvalue weighted by Gasteiger charge is 2.11. The van der Waals surface area contributed by atoms with Gasteiger partial charge in [-0.15, -0.1) is 0 Å². The van der Waals surface area contributed by atoms with Crippen LogP contribution in [-0.4, -0.2) is 30.4 Å². The van der Waals surface area contributed by atoms with E-state index >= 15 is 0 Å². The Kier molecular flexibility index (Phi) is 7.35. The lowest BCUT2D eigenvalue weighted by atomic mass is 10.2. The third kappa shape index (κ3) is 6.12. The van der Waals surface area contributed by atoms with E-state index in [1.54, 1.807) is 24.1 Å². The van der Waals surface area contributed by atoms with Crippen LogP contribution >= 0.6 is 23.2 Å². The maximum absolute atomic E-state index is 12.0. The molecule has 0 aliphatic rings. The van der Waals surface area contributed by atoms with Crippen molar-refractivity contribution in [2.75, 3.05) is 13.6 Å². The second-order valence-electron chi connectivity index (χ2n) is 5.20. The molecule has 5 heteroatoms. The number of nitrogens with one attached hydrogen (secondary N) is 1. The summed E-state index contributed by atoms with van der Waals surface area (Å²) in [5.41, 5.74) is 0.909. The molecule has 0 saturated carbocycles. The van der Waals surface area contributed by atoms with Crippen LogP contribution in [0.25, 0.3) is 0 Å². The van der Waals surface area contributed by atoms with Crippen molar-refractivity contribution in [2.45, 2.75) is 39.3 Å². The molecule has 0 saturated heterocycles. The van der Waals surface area contributed by atoms with Crippen LogP contribution in [-0.2, 0) is 11.3 Å². The standard InChI is InChI=1S/C15H22Cl2N2O/c1-11(2)18-8-4-5-15(20)19(3)10-12-6-7-13(16)9-14(12)17/h6-7,9,11,18H,4-5,8,10H2,1-3H3. The lowest BCUT2D eigenvalue weighted by Crippen LogP contribution is -2.28. The first kappa shape index (κ1) is 17.3. The van der Waals surface area contributed by atoms with Crippen LogP contribution in [0.15, 0.2) is 18.2 Å². The van der Waals surface area contributed by atoms with Crippen molar-refractivity contribution >= 4 is 29.1 Å². The minimum absolute atomic E-state index is 0.126. The van der Waals surface area contributed by atoms with E-state index in [4.69, 9.17) is 23.2 Å². The van der Waals surface area contributed by atoms with Crippen LogP contribution < -0.4 is 5.32 Å². The molecule has 0 aromatic heterocycles. The SMILES string of the molecule is CC(C)NCCCC(=O)N(C)Cc1ccc(Cl)cc1Cl. The van der Waals surface area contributed by atoms with Gasteiger partial charge in [0.15, 0.2) is 0 Å². The van der Waals surface area contributed by atoms with Gasteiger partial charge < -0.3 is 10.2 Å². The average Bonchev–Trinajstić information content (AvgIpc) is 2.37. The van der Waals surface area contributed by atoms with E-state index in [9.17, 15) is 4.79 Å². The molecule has 0 aliphatic heterocycles. The highest BCUT2D eigenvalue weighted by atomic mass is 35.5. The van der Waals surface area contributed by atoms with E-state index in [-0.39, 0.29) is 5.91 Å². The zero-order valence-corrected chi connectivity index (χ0v) is 13.8. The number of nitrogens with zero attached hydrogens (tertiary/aromatic N) is 1. The van der Waals surface area contributed by atoms with Crippen molar-refractivity contribution in [1.29, 1.82) is 0 Å². The van der Waals surface area contributed by atoms with Crippen molar-refractivity contribution in [2.24, 2.45) is 0 Å². The monoisotopic (exact) mass is 316 g/mol. The van der Waals surface area contributed by atoms with Gasteiger partial charge in [0.05, 0.1) is 0 Å². The number of amides is 1. The summed E-state index contributed by atoms with van der Waals surface area (Å²) in [6.07, 6.45) is 1.39. The number of carbonyl (C=O) groups excluding carboxylic acids is 1. The van der Waals surface area contributed by atoms with E-state index in [0.29, 0.717) is 29.1 Å². The highest BCUT2D eigenvalue weighted by Crippen LogP contribution is 2.22. The lowest BCUT2D eigenvalue weighted by molar-refractivity contribution is -0.130. The second kappa shape index (κ2) is 8.50. The van der Waals surface area contributed by atoms with Crippen molar-refractivity contribution in [3.05, 3.63) is 33.8 Å². The zero-order chi connectivity index (χ0) is 15.1. The molecule has 0 atom stereocenters. The van der Waals surface area contributed by atoms with E-state index in [0.717, 1.165) is 18.5 Å². The van der Waals surface area contributed by atoms with Crippen molar-refractivity contribution in [3.8, 4) is 0 Å². The van der Waals surface area contributed by atoms with E-state index in [2.05, 4.69) is 19.2 Å². The third-order valence-electron chi connectivity index (χ3n) is 2.97. The first-order chi connectivity index (χ1) is 9.40. The van der Waals surface area contributed by atoms with Gasteiger partial charge in [0.25, 0.3) is 0 Å². The minimum Gasteiger partial charge on any atom is -0.341 e. The van der Waals surface area contributed by atoms with Crippen LogP contribution in [0.4, 0.5) is 0 Å². The largest absolute Gasteiger partial charge is 0.341 e. The summed E-state index contributed by atoms with van der Waals surface area (Å²) in [5.74, 6) is 0.126. The Morgan fingerprint density at radius 1 is 1.35 bits per heavy atom. The molecule has 0 spiro atoms. The molecular weight excluding hydrogens is 295 g/mol. The molecule has 0 unspecified atom stereocenters. The summed E-state index contributed by atoms with van der Waals surface area (Å²) in [6.45, 7) is 5.55. The summed E-state index contributed by atoms with van der Waals surface area (Å²) in [5, 5.41) is 4.50. The first-order valence-corrected chi connectivity index (χ1v) is 7.57. The summed E-state index contributed by atoms with van der Waals surface area (Å²) in [7, 11) is 1.79. The number of benzene rings is 1. The molecule has 1 aromatic carbocycles. The van der Waals surface area contributed by atoms with Crippen LogP contribution in [0.1, 0.15) is 32.3 Å². The third-order valence-corrected chi connectivity index (χ3v) is 3.56. The minimum atomic E-state index is 0.126. The Morgan fingerprint density at radius 2 is 2.05 bits per heavy atom. The molecule has 0 bridgehead atoms. The molecule has 20 heavy (non-hydrogen) atoms. The number of hydrogen-bond acceptors (Lipinski definition) is 2. The molecule has 0 fully saturated rings. The fourth-order valence-corrected chi connectivity index (χ4v) is 2.28. The van der Waals surface area contributed by atoms with Gasteiger partial charge in [-0.05, 0) is 30.7 Å². The van der Waals surface area contributed by atoms with Gasteiger partial charge in [0.2, 0.25) is 5.91 Å². The van der Waals surface area contributed by atoms with Gasteiger partial charge in [0, 0.05) is 36.1 Å². The Hall–Kier alpha value is -0.770. The quantitative estimate of drug-likeness (QED) is 0.777. The smallest absolute Gasteiger partial charge is 0.222 e. The second-order valence-corrected chi connectivity index (χ2v) is 6.04. The molecule has 1 aromatic rings. The van der Waals surface area contributed by atoms with Crippen LogP contribution in [0, 0.1) is 0 Å². The number of halogens is 2. The Labute approximate surface area is 131 Å². The fourth-order valence-electron chi connectivity index (χ4n) is 1.81. The molecule has 112 valence electrons. The Morgan fingerprint density at radius 3 is 2.65 bits per heavy atom. The number of hydrogen-bond donors (Lipinski definition) is 1. The van der Waals surface area contributed by atoms with Gasteiger partial charge in [-0.1, -0.05) is 43.1 Å². The first-order valence-electron chi connectivity index (χ1n) is 6.81. The summed E-state index contributed by atoms with van der Waals surface area (Å²) < 4.78 is 0. The van der Waals surface area contributed by atoms with E-state index in [1.165, 1.54) is 0 Å². The van der Waals surface area contributed by atoms with Crippen LogP contribution in [0.5, 0.6) is 0 Å². The van der Waals surface area contributed by atoms with Crippen LogP contribution in [0.2, 0.25) is 10.0 Å². The Bertz CT molecular complexity index is 449. The van der Waals surface area contributed by atoms with Gasteiger partial charge in [-0.2, -0.15) is 0 Å². The average molecular weight is 317 g/mol. The molecule has 1 N–H and O–H groups in total. The van der Waals surface area contributed by atoms with E-state index < -0.39 is 0 Å². The van der Waals surface area contributed by atoms with Crippen molar-refractivity contribution < 1.29 is 4.79 Å². The van der Waals surface area contributed by atoms with Crippen molar-refractivity contribution in [1.82, 2.24) is 10.2 Å². The molecule has 3 nitrogen and oxygen atoms in total. The summed E-state index contributed by atoms with van der Waals surface area (Å²) in [6, 6.07) is 5.79. The maximum atomic E-state index is 12.0. The van der Waals surface area contributed by atoms with Crippen molar-refractivity contribution in [3.63, 3.8) is 0 Å². The van der Waals surface area contributed by atoms with Gasteiger partial charge in [-0.25, -0.2) is 0 Å². The molecule has 0 radical (unpaired) electrons. The lowest BCUT2D eigenvalue weighted by Gasteiger charge is -2.18. The molecule has 0 aliphatic carbocycles. The molecule has 0 heterocycles. The van der Waals surface area contributed by atoms with Crippen LogP contribution in [0.3, 0.4) is 0 Å². The summed E-state index contributed by atoms with van der Waals surface area (Å²) >= 11 is 12.0. The normalized spacial score (nSPS) is 10.9. The zero-order valence-electron chi connectivity index (χ0n) is 12.2. The fraction of sp³-hybridized carbons (Fsp3) is 0.533. The highest BCUT2D eigenvalue weighted by molar-refractivity contribution is 6.35. The summed E-state index contributed by atoms with van der Waals surface area (Å²) in [4.78, 5) is 13.7. The topological polar surface area (TPSA) is 32.3 Å². The molecular formula is C15H22Cl2N2O. The predicted octanol–water partition coefficient (Wildman–Crippen LogP) is 3.73. The van der Waals surface area contributed by atoms with E-state index in [1.807, 2.05) is 6.07 Å². The predicted molar refractivity (Wildman–Crippen MR) is 85.3 cm³/mol. The van der Waals surface area contributed by atoms with Gasteiger partial charge in [-0.3, -0.25) is 4.79 Å². The molecule has 1 amide bonds. The molecule has 1 rings (SSSR count).